The van der Waals surface area contributed by atoms with Gasteiger partial charge in [0.25, 0.3) is 0 Å². The molecule has 0 aliphatic rings. The minimum atomic E-state index is -4.59. The molecule has 0 radical (unpaired) electrons. The van der Waals surface area contributed by atoms with Gasteiger partial charge in [-0.2, -0.15) is 18.3 Å². The van der Waals surface area contributed by atoms with E-state index in [1.165, 1.54) is 6.92 Å². The lowest BCUT2D eigenvalue weighted by Crippen LogP contribution is -2.24. The Morgan fingerprint density at radius 3 is 2.56 bits per heavy atom. The van der Waals surface area contributed by atoms with Crippen LogP contribution in [-0.4, -0.2) is 11.3 Å². The van der Waals surface area contributed by atoms with Gasteiger partial charge in [-0.15, -0.1) is 0 Å². The maximum atomic E-state index is 13.4. The molecule has 1 aromatic carbocycles. The van der Waals surface area contributed by atoms with Gasteiger partial charge in [0.15, 0.2) is 5.11 Å². The molecule has 0 saturated carbocycles. The third kappa shape index (κ3) is 3.66. The third-order valence-electron chi connectivity index (χ3n) is 2.03. The van der Waals surface area contributed by atoms with E-state index in [9.17, 15) is 17.6 Å². The zero-order valence-electron chi connectivity index (χ0n) is 9.18. The standard InChI is InChI=1S/C10H9F4N3S/c1-5-2-6(4-16-17-9(15)18)8(11)3-7(5)10(12,13)14/h2-4H,1H3,(H3,15,17,18). The van der Waals surface area contributed by atoms with E-state index in [0.717, 1.165) is 12.3 Å². The summed E-state index contributed by atoms with van der Waals surface area (Å²) in [6.07, 6.45) is -3.58. The molecule has 1 aromatic rings. The Kier molecular flexibility index (Phi) is 4.23. The number of thiocarbonyl (C=S) groups is 1. The molecule has 0 heterocycles. The maximum Gasteiger partial charge on any atom is 0.416 e. The van der Waals surface area contributed by atoms with Gasteiger partial charge in [-0.05, 0) is 36.8 Å². The van der Waals surface area contributed by atoms with Gasteiger partial charge in [0.05, 0.1) is 11.8 Å². The van der Waals surface area contributed by atoms with Gasteiger partial charge in [-0.1, -0.05) is 0 Å². The van der Waals surface area contributed by atoms with Crippen LogP contribution < -0.4 is 11.2 Å². The van der Waals surface area contributed by atoms with Gasteiger partial charge in [0.2, 0.25) is 0 Å². The quantitative estimate of drug-likeness (QED) is 0.378. The first kappa shape index (κ1) is 14.4. The van der Waals surface area contributed by atoms with E-state index in [1.54, 1.807) is 0 Å². The lowest BCUT2D eigenvalue weighted by Gasteiger charge is -2.11. The van der Waals surface area contributed by atoms with Gasteiger partial charge >= 0.3 is 6.18 Å². The van der Waals surface area contributed by atoms with E-state index >= 15 is 0 Å². The molecular formula is C10H9F4N3S. The molecule has 3 nitrogen and oxygen atoms in total. The lowest BCUT2D eigenvalue weighted by molar-refractivity contribution is -0.138. The van der Waals surface area contributed by atoms with Crippen molar-refractivity contribution >= 4 is 23.5 Å². The first-order valence-corrected chi connectivity index (χ1v) is 5.08. The van der Waals surface area contributed by atoms with E-state index in [1.807, 2.05) is 0 Å². The maximum absolute atomic E-state index is 13.4. The Labute approximate surface area is 106 Å². The van der Waals surface area contributed by atoms with E-state index in [2.05, 4.69) is 22.7 Å². The number of nitrogens with two attached hydrogens (primary N) is 1. The fourth-order valence-corrected chi connectivity index (χ4v) is 1.33. The molecule has 18 heavy (non-hydrogen) atoms. The van der Waals surface area contributed by atoms with Crippen LogP contribution in [0.5, 0.6) is 0 Å². The summed E-state index contributed by atoms with van der Waals surface area (Å²) in [5, 5.41) is 3.34. The largest absolute Gasteiger partial charge is 0.416 e. The van der Waals surface area contributed by atoms with Crippen LogP contribution >= 0.6 is 12.2 Å². The number of benzene rings is 1. The summed E-state index contributed by atoms with van der Waals surface area (Å²) in [5.41, 5.74) is 6.04. The SMILES string of the molecule is Cc1cc(C=NNC(N)=S)c(F)cc1C(F)(F)F. The van der Waals surface area contributed by atoms with Gasteiger partial charge in [-0.3, -0.25) is 5.43 Å². The zero-order chi connectivity index (χ0) is 13.9. The molecule has 0 saturated heterocycles. The Morgan fingerprint density at radius 2 is 2.06 bits per heavy atom. The van der Waals surface area contributed by atoms with Crippen LogP contribution in [0.1, 0.15) is 16.7 Å². The molecule has 0 bridgehead atoms. The first-order valence-electron chi connectivity index (χ1n) is 4.67. The minimum absolute atomic E-state index is 0.0933. The monoisotopic (exact) mass is 279 g/mol. The highest BCUT2D eigenvalue weighted by atomic mass is 32.1. The molecule has 0 aliphatic carbocycles. The average molecular weight is 279 g/mol. The van der Waals surface area contributed by atoms with Crippen LogP contribution in [0.4, 0.5) is 17.6 Å². The second-order valence-electron chi connectivity index (χ2n) is 3.42. The Hall–Kier alpha value is -1.70. The average Bonchev–Trinajstić information content (AvgIpc) is 2.20. The summed E-state index contributed by atoms with van der Waals surface area (Å²) in [6, 6.07) is 1.47. The molecule has 98 valence electrons. The van der Waals surface area contributed by atoms with Crippen molar-refractivity contribution in [3.8, 4) is 0 Å². The number of hydrazone groups is 1. The van der Waals surface area contributed by atoms with Crippen molar-refractivity contribution in [3.63, 3.8) is 0 Å². The van der Waals surface area contributed by atoms with Crippen LogP contribution in [-0.2, 0) is 6.18 Å². The molecule has 0 aliphatic heterocycles. The van der Waals surface area contributed by atoms with Gasteiger partial charge in [0.1, 0.15) is 5.82 Å². The summed E-state index contributed by atoms with van der Waals surface area (Å²) >= 11 is 4.45. The summed E-state index contributed by atoms with van der Waals surface area (Å²) < 4.78 is 50.8. The molecule has 0 spiro atoms. The van der Waals surface area contributed by atoms with Crippen molar-refractivity contribution in [2.24, 2.45) is 10.8 Å². The van der Waals surface area contributed by atoms with Crippen LogP contribution in [0.3, 0.4) is 0 Å². The zero-order valence-corrected chi connectivity index (χ0v) is 9.99. The van der Waals surface area contributed by atoms with E-state index in [4.69, 9.17) is 5.73 Å². The van der Waals surface area contributed by atoms with Crippen LogP contribution in [0.15, 0.2) is 17.2 Å². The van der Waals surface area contributed by atoms with Crippen molar-refractivity contribution in [2.45, 2.75) is 13.1 Å². The fraction of sp³-hybridized carbons (Fsp3) is 0.200. The second kappa shape index (κ2) is 5.30. The first-order chi connectivity index (χ1) is 8.21. The van der Waals surface area contributed by atoms with E-state index in [-0.39, 0.29) is 16.2 Å². The molecule has 8 heteroatoms. The van der Waals surface area contributed by atoms with Gasteiger partial charge in [-0.25, -0.2) is 4.39 Å². The summed E-state index contributed by atoms with van der Waals surface area (Å²) in [4.78, 5) is 0. The molecule has 3 N–H and O–H groups in total. The number of rotatable bonds is 2. The number of hydrogen-bond acceptors (Lipinski definition) is 2. The molecule has 1 rings (SSSR count). The molecule has 0 unspecified atom stereocenters. The Bertz CT molecular complexity index is 497. The molecule has 0 aromatic heterocycles. The molecule has 0 atom stereocenters. The van der Waals surface area contributed by atoms with Crippen molar-refractivity contribution in [3.05, 3.63) is 34.6 Å². The summed E-state index contributed by atoms with van der Waals surface area (Å²) in [5.74, 6) is -1.03. The molecule has 0 amide bonds. The number of aryl methyl sites for hydroxylation is 1. The third-order valence-corrected chi connectivity index (χ3v) is 2.12. The van der Waals surface area contributed by atoms with Crippen LogP contribution in [0.2, 0.25) is 0 Å². The normalized spacial score (nSPS) is 11.8. The Balaban J connectivity index is 3.08. The second-order valence-corrected chi connectivity index (χ2v) is 3.86. The Morgan fingerprint density at radius 1 is 1.44 bits per heavy atom. The minimum Gasteiger partial charge on any atom is -0.375 e. The van der Waals surface area contributed by atoms with Crippen molar-refractivity contribution in [1.82, 2.24) is 5.43 Å². The lowest BCUT2D eigenvalue weighted by atomic mass is 10.0. The van der Waals surface area contributed by atoms with Gasteiger partial charge in [0, 0.05) is 5.56 Å². The van der Waals surface area contributed by atoms with E-state index in [0.29, 0.717) is 6.07 Å². The summed E-state index contributed by atoms with van der Waals surface area (Å²) in [6.45, 7) is 1.24. The number of halogens is 4. The molecule has 0 fully saturated rings. The summed E-state index contributed by atoms with van der Waals surface area (Å²) in [7, 11) is 0. The smallest absolute Gasteiger partial charge is 0.375 e. The topological polar surface area (TPSA) is 50.4 Å². The predicted octanol–water partition coefficient (Wildman–Crippen LogP) is 2.32. The fourth-order valence-electron chi connectivity index (χ4n) is 1.27. The van der Waals surface area contributed by atoms with Crippen molar-refractivity contribution in [1.29, 1.82) is 0 Å². The van der Waals surface area contributed by atoms with E-state index < -0.39 is 17.6 Å². The van der Waals surface area contributed by atoms with Crippen LogP contribution in [0.25, 0.3) is 0 Å². The molecular weight excluding hydrogens is 270 g/mol. The highest BCUT2D eigenvalue weighted by Gasteiger charge is 2.33. The predicted molar refractivity (Wildman–Crippen MR) is 63.7 cm³/mol. The number of hydrogen-bond donors (Lipinski definition) is 2. The number of alkyl halides is 3. The highest BCUT2D eigenvalue weighted by molar-refractivity contribution is 7.80. The van der Waals surface area contributed by atoms with Gasteiger partial charge < -0.3 is 5.73 Å². The number of nitrogens with zero attached hydrogens (tertiary/aromatic N) is 1. The van der Waals surface area contributed by atoms with Crippen molar-refractivity contribution in [2.75, 3.05) is 0 Å². The highest BCUT2D eigenvalue weighted by Crippen LogP contribution is 2.32. The number of nitrogens with one attached hydrogen (secondary N) is 1. The van der Waals surface area contributed by atoms with Crippen LogP contribution in [0, 0.1) is 12.7 Å². The van der Waals surface area contributed by atoms with Crippen molar-refractivity contribution < 1.29 is 17.6 Å².